The van der Waals surface area contributed by atoms with Gasteiger partial charge in [0.2, 0.25) is 0 Å². The maximum Gasteiger partial charge on any atom is 0.119 e. The Morgan fingerprint density at radius 2 is 2.00 bits per heavy atom. The van der Waals surface area contributed by atoms with Gasteiger partial charge in [-0.3, -0.25) is 0 Å². The van der Waals surface area contributed by atoms with Gasteiger partial charge in [0, 0.05) is 5.02 Å². The molecule has 0 fully saturated rings. The van der Waals surface area contributed by atoms with Crippen molar-refractivity contribution in [3.8, 4) is 5.75 Å². The molecule has 0 saturated carbocycles. The van der Waals surface area contributed by atoms with E-state index in [0.29, 0.717) is 0 Å². The minimum Gasteiger partial charge on any atom is -0.494 e. The van der Waals surface area contributed by atoms with Crippen molar-refractivity contribution >= 4 is 11.6 Å². The number of hydrogen-bond acceptors (Lipinski definition) is 1. The maximum absolute atomic E-state index is 5.94. The van der Waals surface area contributed by atoms with E-state index in [4.69, 9.17) is 16.3 Å². The largest absolute Gasteiger partial charge is 0.494 e. The van der Waals surface area contributed by atoms with Gasteiger partial charge in [-0.25, -0.2) is 0 Å². The minimum atomic E-state index is 0.790. The smallest absolute Gasteiger partial charge is 0.119 e. The van der Waals surface area contributed by atoms with E-state index in [2.05, 4.69) is 13.8 Å². The molecular formula is C14H21ClO. The Morgan fingerprint density at radius 3 is 2.62 bits per heavy atom. The molecule has 0 saturated heterocycles. The molecule has 1 aromatic carbocycles. The normalized spacial score (nSPS) is 10.8. The van der Waals surface area contributed by atoms with Crippen LogP contribution in [-0.4, -0.2) is 6.61 Å². The summed E-state index contributed by atoms with van der Waals surface area (Å²) in [7, 11) is 0. The first-order valence-corrected chi connectivity index (χ1v) is 6.36. The van der Waals surface area contributed by atoms with Crippen molar-refractivity contribution in [3.63, 3.8) is 0 Å². The van der Waals surface area contributed by atoms with Crippen molar-refractivity contribution in [1.29, 1.82) is 0 Å². The third-order valence-corrected chi connectivity index (χ3v) is 3.00. The fourth-order valence-electron chi connectivity index (χ4n) is 1.55. The van der Waals surface area contributed by atoms with Crippen molar-refractivity contribution in [2.45, 2.75) is 40.0 Å². The van der Waals surface area contributed by atoms with Crippen LogP contribution in [-0.2, 0) is 0 Å². The first-order valence-electron chi connectivity index (χ1n) is 5.98. The van der Waals surface area contributed by atoms with Crippen molar-refractivity contribution in [3.05, 3.63) is 28.8 Å². The van der Waals surface area contributed by atoms with Gasteiger partial charge in [-0.05, 0) is 49.4 Å². The summed E-state index contributed by atoms with van der Waals surface area (Å²) in [4.78, 5) is 0. The molecule has 0 aliphatic heterocycles. The Morgan fingerprint density at radius 1 is 1.25 bits per heavy atom. The molecule has 16 heavy (non-hydrogen) atoms. The van der Waals surface area contributed by atoms with Gasteiger partial charge in [0.25, 0.3) is 0 Å². The van der Waals surface area contributed by atoms with Crippen molar-refractivity contribution in [2.75, 3.05) is 6.61 Å². The van der Waals surface area contributed by atoms with Gasteiger partial charge in [-0.15, -0.1) is 0 Å². The molecule has 1 nitrogen and oxygen atoms in total. The van der Waals surface area contributed by atoms with Crippen LogP contribution in [0.4, 0.5) is 0 Å². The number of aryl methyl sites for hydroxylation is 1. The van der Waals surface area contributed by atoms with Crippen LogP contribution in [0.15, 0.2) is 18.2 Å². The lowest BCUT2D eigenvalue weighted by Crippen LogP contribution is -1.98. The molecule has 0 radical (unpaired) electrons. The SMILES string of the molecule is Cc1cc(OCCCCC(C)C)ccc1Cl. The lowest BCUT2D eigenvalue weighted by molar-refractivity contribution is 0.301. The molecule has 2 heteroatoms. The average molecular weight is 241 g/mol. The van der Waals surface area contributed by atoms with Crippen LogP contribution in [0.2, 0.25) is 5.02 Å². The molecule has 0 aliphatic carbocycles. The van der Waals surface area contributed by atoms with E-state index in [9.17, 15) is 0 Å². The second kappa shape index (κ2) is 6.80. The monoisotopic (exact) mass is 240 g/mol. The Balaban J connectivity index is 2.24. The predicted octanol–water partition coefficient (Wildman–Crippen LogP) is 4.85. The molecule has 0 bridgehead atoms. The minimum absolute atomic E-state index is 0.790. The predicted molar refractivity (Wildman–Crippen MR) is 70.4 cm³/mol. The summed E-state index contributed by atoms with van der Waals surface area (Å²) in [6.45, 7) is 7.30. The van der Waals surface area contributed by atoms with E-state index in [1.807, 2.05) is 25.1 Å². The van der Waals surface area contributed by atoms with Gasteiger partial charge in [0.1, 0.15) is 5.75 Å². The van der Waals surface area contributed by atoms with Gasteiger partial charge in [0.05, 0.1) is 6.61 Å². The van der Waals surface area contributed by atoms with Gasteiger partial charge < -0.3 is 4.74 Å². The topological polar surface area (TPSA) is 9.23 Å². The summed E-state index contributed by atoms with van der Waals surface area (Å²) in [5.41, 5.74) is 1.07. The molecule has 0 unspecified atom stereocenters. The lowest BCUT2D eigenvalue weighted by Gasteiger charge is -2.08. The van der Waals surface area contributed by atoms with E-state index in [0.717, 1.165) is 35.3 Å². The van der Waals surface area contributed by atoms with E-state index >= 15 is 0 Å². The van der Waals surface area contributed by atoms with E-state index in [1.54, 1.807) is 0 Å². The molecule has 0 aromatic heterocycles. The molecule has 0 amide bonds. The fourth-order valence-corrected chi connectivity index (χ4v) is 1.67. The summed E-state index contributed by atoms with van der Waals surface area (Å²) in [6, 6.07) is 5.81. The maximum atomic E-state index is 5.94. The third-order valence-electron chi connectivity index (χ3n) is 2.57. The number of benzene rings is 1. The van der Waals surface area contributed by atoms with Gasteiger partial charge in [-0.1, -0.05) is 31.9 Å². The number of hydrogen-bond donors (Lipinski definition) is 0. The zero-order valence-corrected chi connectivity index (χ0v) is 11.2. The van der Waals surface area contributed by atoms with Crippen molar-refractivity contribution in [1.82, 2.24) is 0 Å². The molecule has 0 heterocycles. The van der Waals surface area contributed by atoms with Crippen molar-refractivity contribution < 1.29 is 4.74 Å². The zero-order chi connectivity index (χ0) is 12.0. The summed E-state index contributed by atoms with van der Waals surface area (Å²) < 4.78 is 5.66. The Hall–Kier alpha value is -0.690. The van der Waals surface area contributed by atoms with Crippen LogP contribution in [0.3, 0.4) is 0 Å². The number of unbranched alkanes of at least 4 members (excludes halogenated alkanes) is 1. The molecule has 1 aromatic rings. The molecule has 0 spiro atoms. The van der Waals surface area contributed by atoms with Crippen LogP contribution in [0, 0.1) is 12.8 Å². The van der Waals surface area contributed by atoms with Gasteiger partial charge in [-0.2, -0.15) is 0 Å². The Kier molecular flexibility index (Phi) is 5.68. The van der Waals surface area contributed by atoms with E-state index in [-0.39, 0.29) is 0 Å². The molecule has 0 N–H and O–H groups in total. The summed E-state index contributed by atoms with van der Waals surface area (Å²) >= 11 is 5.94. The third kappa shape index (κ3) is 4.89. The molecule has 0 aliphatic rings. The average Bonchev–Trinajstić information content (AvgIpc) is 2.22. The van der Waals surface area contributed by atoms with Crippen molar-refractivity contribution in [2.24, 2.45) is 5.92 Å². The number of halogens is 1. The molecule has 1 rings (SSSR count). The summed E-state index contributed by atoms with van der Waals surface area (Å²) in [5.74, 6) is 1.71. The molecule has 90 valence electrons. The fraction of sp³-hybridized carbons (Fsp3) is 0.571. The highest BCUT2D eigenvalue weighted by Gasteiger charge is 1.99. The zero-order valence-electron chi connectivity index (χ0n) is 10.4. The second-order valence-corrected chi connectivity index (χ2v) is 5.06. The lowest BCUT2D eigenvalue weighted by atomic mass is 10.1. The van der Waals surface area contributed by atoms with Crippen LogP contribution in [0.5, 0.6) is 5.75 Å². The van der Waals surface area contributed by atoms with Gasteiger partial charge in [0.15, 0.2) is 0 Å². The second-order valence-electron chi connectivity index (χ2n) is 4.65. The molecular weight excluding hydrogens is 220 g/mol. The first kappa shape index (κ1) is 13.4. The standard InChI is InChI=1S/C14H21ClO/c1-11(2)6-4-5-9-16-13-7-8-14(15)12(3)10-13/h7-8,10-11H,4-6,9H2,1-3H3. The number of ether oxygens (including phenoxy) is 1. The Labute approximate surface area is 104 Å². The van der Waals surface area contributed by atoms with Crippen LogP contribution in [0.25, 0.3) is 0 Å². The summed E-state index contributed by atoms with van der Waals surface area (Å²) in [6.07, 6.45) is 3.65. The first-order chi connectivity index (χ1) is 7.59. The van der Waals surface area contributed by atoms with E-state index < -0.39 is 0 Å². The van der Waals surface area contributed by atoms with E-state index in [1.165, 1.54) is 12.8 Å². The van der Waals surface area contributed by atoms with Crippen LogP contribution >= 0.6 is 11.6 Å². The highest BCUT2D eigenvalue weighted by atomic mass is 35.5. The number of rotatable bonds is 6. The van der Waals surface area contributed by atoms with Crippen LogP contribution < -0.4 is 4.74 Å². The highest BCUT2D eigenvalue weighted by molar-refractivity contribution is 6.31. The quantitative estimate of drug-likeness (QED) is 0.646. The molecule has 0 atom stereocenters. The summed E-state index contributed by atoms with van der Waals surface area (Å²) in [5, 5.41) is 0.798. The van der Waals surface area contributed by atoms with Gasteiger partial charge >= 0.3 is 0 Å². The highest BCUT2D eigenvalue weighted by Crippen LogP contribution is 2.21. The van der Waals surface area contributed by atoms with Crippen LogP contribution in [0.1, 0.15) is 38.7 Å². The Bertz CT molecular complexity index is 321.